The number of likely N-dealkylation sites (N-methyl/N-ethyl adjacent to an activating group) is 1. The summed E-state index contributed by atoms with van der Waals surface area (Å²) in [6.07, 6.45) is -4.55. The van der Waals surface area contributed by atoms with Gasteiger partial charge in [0.15, 0.2) is 0 Å². The Bertz CT molecular complexity index is 900. The predicted molar refractivity (Wildman–Crippen MR) is 91.3 cm³/mol. The molecule has 0 aliphatic rings. The average Bonchev–Trinajstić information content (AvgIpc) is 2.54. The summed E-state index contributed by atoms with van der Waals surface area (Å²) in [5.41, 5.74) is -1.00. The molecule has 0 bridgehead atoms. The van der Waals surface area contributed by atoms with Gasteiger partial charge in [-0.15, -0.1) is 0 Å². The van der Waals surface area contributed by atoms with Gasteiger partial charge in [0.1, 0.15) is 0 Å². The number of hydrogen-bond acceptors (Lipinski definition) is 3. The van der Waals surface area contributed by atoms with Gasteiger partial charge in [0.2, 0.25) is 15.9 Å². The molecule has 0 unspecified atom stereocenters. The third kappa shape index (κ3) is 4.96. The number of anilines is 1. The van der Waals surface area contributed by atoms with Gasteiger partial charge in [-0.2, -0.15) is 17.5 Å². The van der Waals surface area contributed by atoms with E-state index >= 15 is 0 Å². The Morgan fingerprint density at radius 3 is 2.35 bits per heavy atom. The second-order valence-electron chi connectivity index (χ2n) is 5.34. The lowest BCUT2D eigenvalue weighted by atomic mass is 10.2. The summed E-state index contributed by atoms with van der Waals surface area (Å²) in [5.74, 6) is -0.774. The maximum atomic E-state index is 12.7. The van der Waals surface area contributed by atoms with Crippen LogP contribution in [0.3, 0.4) is 0 Å². The fraction of sp³-hybridized carbons (Fsp3) is 0.188. The maximum absolute atomic E-state index is 12.7. The van der Waals surface area contributed by atoms with Crippen LogP contribution in [-0.4, -0.2) is 32.2 Å². The fourth-order valence-electron chi connectivity index (χ4n) is 2.05. The Labute approximate surface area is 153 Å². The first-order chi connectivity index (χ1) is 12.0. The minimum Gasteiger partial charge on any atom is -0.325 e. The van der Waals surface area contributed by atoms with Gasteiger partial charge in [-0.1, -0.05) is 17.7 Å². The van der Waals surface area contributed by atoms with Crippen LogP contribution >= 0.6 is 11.6 Å². The van der Waals surface area contributed by atoms with E-state index in [1.54, 1.807) is 0 Å². The summed E-state index contributed by atoms with van der Waals surface area (Å²) in [5, 5.41) is 2.61. The first kappa shape index (κ1) is 20.2. The van der Waals surface area contributed by atoms with Gasteiger partial charge in [0.05, 0.1) is 17.0 Å². The molecule has 0 aliphatic heterocycles. The summed E-state index contributed by atoms with van der Waals surface area (Å²) < 4.78 is 63.6. The van der Waals surface area contributed by atoms with Crippen LogP contribution in [0.5, 0.6) is 0 Å². The Kier molecular flexibility index (Phi) is 5.94. The molecule has 0 saturated carbocycles. The molecule has 140 valence electrons. The van der Waals surface area contributed by atoms with Crippen molar-refractivity contribution < 1.29 is 26.4 Å². The van der Waals surface area contributed by atoms with E-state index in [-0.39, 0.29) is 10.6 Å². The Morgan fingerprint density at radius 2 is 1.77 bits per heavy atom. The smallest absolute Gasteiger partial charge is 0.325 e. The van der Waals surface area contributed by atoms with Gasteiger partial charge >= 0.3 is 6.18 Å². The zero-order chi connectivity index (χ0) is 19.5. The van der Waals surface area contributed by atoms with Crippen LogP contribution in [0.4, 0.5) is 18.9 Å². The third-order valence-corrected chi connectivity index (χ3v) is 5.43. The number of hydrogen-bond donors (Lipinski definition) is 1. The molecule has 0 fully saturated rings. The molecular weight excluding hydrogens is 393 g/mol. The summed E-state index contributed by atoms with van der Waals surface area (Å²) >= 11 is 5.71. The van der Waals surface area contributed by atoms with Crippen molar-refractivity contribution in [1.82, 2.24) is 4.31 Å². The van der Waals surface area contributed by atoms with Gasteiger partial charge < -0.3 is 5.32 Å². The van der Waals surface area contributed by atoms with Crippen molar-refractivity contribution in [3.05, 3.63) is 59.1 Å². The molecule has 0 aromatic heterocycles. The molecule has 0 radical (unpaired) electrons. The zero-order valence-corrected chi connectivity index (χ0v) is 15.0. The van der Waals surface area contributed by atoms with E-state index in [4.69, 9.17) is 11.6 Å². The maximum Gasteiger partial charge on any atom is 0.416 e. The largest absolute Gasteiger partial charge is 0.416 e. The summed E-state index contributed by atoms with van der Waals surface area (Å²) in [4.78, 5) is 11.9. The normalized spacial score (nSPS) is 12.2. The van der Waals surface area contributed by atoms with Crippen LogP contribution < -0.4 is 5.32 Å². The van der Waals surface area contributed by atoms with Gasteiger partial charge in [0.25, 0.3) is 0 Å². The first-order valence-corrected chi connectivity index (χ1v) is 9.01. The number of halogens is 4. The van der Waals surface area contributed by atoms with E-state index < -0.39 is 34.2 Å². The highest BCUT2D eigenvalue weighted by Gasteiger charge is 2.30. The summed E-state index contributed by atoms with van der Waals surface area (Å²) in [6.45, 7) is -0.568. The number of sulfonamides is 1. The Morgan fingerprint density at radius 1 is 1.15 bits per heavy atom. The van der Waals surface area contributed by atoms with Crippen LogP contribution in [0.15, 0.2) is 53.4 Å². The van der Waals surface area contributed by atoms with Crippen LogP contribution in [-0.2, 0) is 21.0 Å². The number of carbonyl (C=O) groups excluding carboxylic acids is 1. The van der Waals surface area contributed by atoms with Gasteiger partial charge in [-0.05, 0) is 42.5 Å². The lowest BCUT2D eigenvalue weighted by molar-refractivity contribution is -0.137. The Balaban J connectivity index is 2.09. The molecule has 1 amide bonds. The number of benzene rings is 2. The molecular formula is C16H14ClF3N2O3S. The van der Waals surface area contributed by atoms with E-state index in [9.17, 15) is 26.4 Å². The number of amides is 1. The topological polar surface area (TPSA) is 66.5 Å². The SMILES string of the molecule is CN(CC(=O)Nc1cccc(C(F)(F)F)c1)S(=O)(=O)c1ccc(Cl)cc1. The lowest BCUT2D eigenvalue weighted by Crippen LogP contribution is -2.35. The minimum absolute atomic E-state index is 0.0590. The molecule has 2 aromatic carbocycles. The van der Waals surface area contributed by atoms with E-state index in [1.807, 2.05) is 0 Å². The van der Waals surface area contributed by atoms with E-state index in [0.29, 0.717) is 5.02 Å². The highest BCUT2D eigenvalue weighted by molar-refractivity contribution is 7.89. The second-order valence-corrected chi connectivity index (χ2v) is 7.82. The van der Waals surface area contributed by atoms with E-state index in [0.717, 1.165) is 22.5 Å². The molecule has 0 spiro atoms. The second kappa shape index (κ2) is 7.65. The van der Waals surface area contributed by atoms with Crippen LogP contribution in [0.2, 0.25) is 5.02 Å². The quantitative estimate of drug-likeness (QED) is 0.824. The molecule has 0 atom stereocenters. The van der Waals surface area contributed by atoms with Gasteiger partial charge in [-0.3, -0.25) is 4.79 Å². The van der Waals surface area contributed by atoms with Crippen molar-refractivity contribution in [1.29, 1.82) is 0 Å². The molecule has 0 aliphatic carbocycles. The standard InChI is InChI=1S/C16H14ClF3N2O3S/c1-22(26(24,25)14-7-5-12(17)6-8-14)10-15(23)21-13-4-2-3-11(9-13)16(18,19)20/h2-9H,10H2,1H3,(H,21,23). The Hall–Kier alpha value is -2.10. The molecule has 5 nitrogen and oxygen atoms in total. The molecule has 2 aromatic rings. The number of alkyl halides is 3. The summed E-state index contributed by atoms with van der Waals surface area (Å²) in [6, 6.07) is 9.43. The third-order valence-electron chi connectivity index (χ3n) is 3.36. The van der Waals surface area contributed by atoms with Crippen molar-refractivity contribution in [2.24, 2.45) is 0 Å². The molecule has 1 N–H and O–H groups in total. The van der Waals surface area contributed by atoms with E-state index in [1.165, 1.54) is 37.4 Å². The van der Waals surface area contributed by atoms with Crippen LogP contribution in [0.1, 0.15) is 5.56 Å². The van der Waals surface area contributed by atoms with E-state index in [2.05, 4.69) is 5.32 Å². The molecule has 10 heteroatoms. The fourth-order valence-corrected chi connectivity index (χ4v) is 3.30. The first-order valence-electron chi connectivity index (χ1n) is 7.19. The van der Waals surface area contributed by atoms with Gasteiger partial charge in [0, 0.05) is 17.8 Å². The number of nitrogens with one attached hydrogen (secondary N) is 1. The van der Waals surface area contributed by atoms with Crippen molar-refractivity contribution in [3.8, 4) is 0 Å². The molecule has 2 rings (SSSR count). The molecule has 0 saturated heterocycles. The molecule has 26 heavy (non-hydrogen) atoms. The van der Waals surface area contributed by atoms with Crippen molar-refractivity contribution in [2.45, 2.75) is 11.1 Å². The number of carbonyl (C=O) groups is 1. The minimum atomic E-state index is -4.55. The zero-order valence-electron chi connectivity index (χ0n) is 13.4. The molecule has 0 heterocycles. The van der Waals surface area contributed by atoms with Crippen LogP contribution in [0, 0.1) is 0 Å². The van der Waals surface area contributed by atoms with Crippen molar-refractivity contribution in [2.75, 3.05) is 18.9 Å². The number of nitrogens with zero attached hydrogens (tertiary/aromatic N) is 1. The lowest BCUT2D eigenvalue weighted by Gasteiger charge is -2.17. The summed E-state index contributed by atoms with van der Waals surface area (Å²) in [7, 11) is -2.75. The van der Waals surface area contributed by atoms with Crippen molar-refractivity contribution >= 4 is 33.2 Å². The predicted octanol–water partition coefficient (Wildman–Crippen LogP) is 3.62. The van der Waals surface area contributed by atoms with Crippen LogP contribution in [0.25, 0.3) is 0 Å². The van der Waals surface area contributed by atoms with Crippen molar-refractivity contribution in [3.63, 3.8) is 0 Å². The highest BCUT2D eigenvalue weighted by Crippen LogP contribution is 2.30. The average molecular weight is 407 g/mol. The number of rotatable bonds is 5. The monoisotopic (exact) mass is 406 g/mol. The highest BCUT2D eigenvalue weighted by atomic mass is 35.5. The van der Waals surface area contributed by atoms with Gasteiger partial charge in [-0.25, -0.2) is 8.42 Å².